The third-order valence-corrected chi connectivity index (χ3v) is 3.25. The molecule has 1 aromatic heterocycles. The summed E-state index contributed by atoms with van der Waals surface area (Å²) >= 11 is 16.1. The first-order chi connectivity index (χ1) is 7.63. The molecule has 0 bridgehead atoms. The lowest BCUT2D eigenvalue weighted by molar-refractivity contribution is 0.904. The summed E-state index contributed by atoms with van der Waals surface area (Å²) in [5.74, 6) is 0. The number of hydrogen-bond acceptors (Lipinski definition) is 4. The third-order valence-electron chi connectivity index (χ3n) is 1.57. The van der Waals surface area contributed by atoms with Crippen LogP contribution in [-0.4, -0.2) is 15.0 Å². The van der Waals surface area contributed by atoms with Gasteiger partial charge in [-0.1, -0.05) is 22.0 Å². The van der Waals surface area contributed by atoms with Gasteiger partial charge in [-0.25, -0.2) is 0 Å². The van der Waals surface area contributed by atoms with Crippen LogP contribution in [0.1, 0.15) is 0 Å². The molecule has 0 radical (unpaired) electrons. The summed E-state index contributed by atoms with van der Waals surface area (Å²) in [7, 11) is 0. The normalized spacial score (nSPS) is 10.4. The van der Waals surface area contributed by atoms with E-state index in [0.717, 1.165) is 9.37 Å². The molecule has 0 aliphatic heterocycles. The van der Waals surface area contributed by atoms with Crippen molar-refractivity contribution in [2.45, 2.75) is 10.1 Å². The summed E-state index contributed by atoms with van der Waals surface area (Å²) in [6, 6.07) is 7.77. The second-order valence-corrected chi connectivity index (χ2v) is 5.35. The van der Waals surface area contributed by atoms with Gasteiger partial charge in [-0.15, -0.1) is 0 Å². The Hall–Kier alpha value is -0.360. The summed E-state index contributed by atoms with van der Waals surface area (Å²) in [6.07, 6.45) is 0. The molecule has 1 heterocycles. The fourth-order valence-corrected chi connectivity index (χ4v) is 2.81. The first-order valence-electron chi connectivity index (χ1n) is 4.14. The Morgan fingerprint density at radius 1 is 1.06 bits per heavy atom. The van der Waals surface area contributed by atoms with Crippen molar-refractivity contribution in [3.05, 3.63) is 39.3 Å². The van der Waals surface area contributed by atoms with E-state index >= 15 is 0 Å². The van der Waals surface area contributed by atoms with Crippen molar-refractivity contribution in [3.8, 4) is 0 Å². The minimum atomic E-state index is 0.0949. The van der Waals surface area contributed by atoms with Crippen molar-refractivity contribution in [2.24, 2.45) is 0 Å². The highest BCUT2D eigenvalue weighted by Crippen LogP contribution is 2.27. The number of rotatable bonds is 2. The molecule has 82 valence electrons. The Kier molecular flexibility index (Phi) is 4.02. The van der Waals surface area contributed by atoms with Gasteiger partial charge in [0.2, 0.25) is 10.6 Å². The van der Waals surface area contributed by atoms with Crippen LogP contribution in [0.4, 0.5) is 0 Å². The first-order valence-corrected chi connectivity index (χ1v) is 6.50. The van der Waals surface area contributed by atoms with E-state index in [1.165, 1.54) is 11.8 Å². The van der Waals surface area contributed by atoms with Crippen molar-refractivity contribution in [1.29, 1.82) is 0 Å². The molecule has 2 aromatic rings. The number of aromatic nitrogens is 3. The molecule has 1 aromatic carbocycles. The SMILES string of the molecule is Clc1nc(Cl)nc(Sc2cccc(Br)c2)n1. The molecule has 0 amide bonds. The second-order valence-electron chi connectivity index (χ2n) is 2.72. The van der Waals surface area contributed by atoms with Crippen LogP contribution in [-0.2, 0) is 0 Å². The quantitative estimate of drug-likeness (QED) is 0.827. The molecule has 0 saturated heterocycles. The Bertz CT molecular complexity index is 504. The van der Waals surface area contributed by atoms with Gasteiger partial charge in [0.15, 0.2) is 5.16 Å². The van der Waals surface area contributed by atoms with Crippen LogP contribution in [0, 0.1) is 0 Å². The number of nitrogens with zero attached hydrogens (tertiary/aromatic N) is 3. The molecular weight excluding hydrogens is 333 g/mol. The molecule has 0 saturated carbocycles. The van der Waals surface area contributed by atoms with Gasteiger partial charge in [-0.3, -0.25) is 0 Å². The zero-order valence-electron chi connectivity index (χ0n) is 7.69. The number of halogens is 3. The predicted octanol–water partition coefficient (Wildman–Crippen LogP) is 4.09. The van der Waals surface area contributed by atoms with Crippen molar-refractivity contribution < 1.29 is 0 Å². The van der Waals surface area contributed by atoms with Gasteiger partial charge < -0.3 is 0 Å². The zero-order valence-corrected chi connectivity index (χ0v) is 11.6. The van der Waals surface area contributed by atoms with Crippen LogP contribution in [0.2, 0.25) is 10.6 Å². The van der Waals surface area contributed by atoms with Crippen LogP contribution in [0.5, 0.6) is 0 Å². The maximum atomic E-state index is 5.68. The molecule has 7 heteroatoms. The van der Waals surface area contributed by atoms with Crippen molar-refractivity contribution in [3.63, 3.8) is 0 Å². The van der Waals surface area contributed by atoms with E-state index in [2.05, 4.69) is 30.9 Å². The van der Waals surface area contributed by atoms with Crippen LogP contribution in [0.25, 0.3) is 0 Å². The van der Waals surface area contributed by atoms with Gasteiger partial charge in [0.05, 0.1) is 0 Å². The van der Waals surface area contributed by atoms with Crippen molar-refractivity contribution in [2.75, 3.05) is 0 Å². The lowest BCUT2D eigenvalue weighted by atomic mass is 10.4. The average molecular weight is 337 g/mol. The van der Waals surface area contributed by atoms with E-state index in [-0.39, 0.29) is 10.6 Å². The summed E-state index contributed by atoms with van der Waals surface area (Å²) in [5, 5.41) is 0.665. The first kappa shape index (κ1) is 12.1. The zero-order chi connectivity index (χ0) is 11.5. The number of benzene rings is 1. The lowest BCUT2D eigenvalue weighted by Crippen LogP contribution is -1.91. The predicted molar refractivity (Wildman–Crippen MR) is 68.1 cm³/mol. The lowest BCUT2D eigenvalue weighted by Gasteiger charge is -2.01. The van der Waals surface area contributed by atoms with Crippen LogP contribution in [0.15, 0.2) is 38.8 Å². The molecule has 16 heavy (non-hydrogen) atoms. The smallest absolute Gasteiger partial charge is 0.191 e. The largest absolute Gasteiger partial charge is 0.227 e. The van der Waals surface area contributed by atoms with Crippen molar-refractivity contribution >= 4 is 50.9 Å². The van der Waals surface area contributed by atoms with E-state index < -0.39 is 0 Å². The molecule has 0 aliphatic carbocycles. The second kappa shape index (κ2) is 5.31. The highest BCUT2D eigenvalue weighted by atomic mass is 79.9. The molecule has 0 spiro atoms. The Morgan fingerprint density at radius 3 is 2.38 bits per heavy atom. The average Bonchev–Trinajstić information content (AvgIpc) is 2.15. The fourth-order valence-electron chi connectivity index (χ4n) is 0.991. The minimum absolute atomic E-state index is 0.0949. The third kappa shape index (κ3) is 3.31. The van der Waals surface area contributed by atoms with Gasteiger partial charge in [0.25, 0.3) is 0 Å². The van der Waals surface area contributed by atoms with Gasteiger partial charge >= 0.3 is 0 Å². The van der Waals surface area contributed by atoms with Gasteiger partial charge in [-0.05, 0) is 53.2 Å². The van der Waals surface area contributed by atoms with E-state index in [1.807, 2.05) is 24.3 Å². The Labute approximate surface area is 115 Å². The molecule has 2 rings (SSSR count). The maximum absolute atomic E-state index is 5.68. The summed E-state index contributed by atoms with van der Waals surface area (Å²) in [6.45, 7) is 0. The summed E-state index contributed by atoms with van der Waals surface area (Å²) in [5.41, 5.74) is 0. The van der Waals surface area contributed by atoms with Gasteiger partial charge in [0.1, 0.15) is 0 Å². The maximum Gasteiger partial charge on any atom is 0.227 e. The van der Waals surface area contributed by atoms with Gasteiger partial charge in [-0.2, -0.15) is 15.0 Å². The number of hydrogen-bond donors (Lipinski definition) is 0. The van der Waals surface area contributed by atoms with E-state index in [9.17, 15) is 0 Å². The molecule has 0 fully saturated rings. The molecule has 3 nitrogen and oxygen atoms in total. The summed E-state index contributed by atoms with van der Waals surface area (Å²) in [4.78, 5) is 12.6. The van der Waals surface area contributed by atoms with E-state index in [1.54, 1.807) is 0 Å². The minimum Gasteiger partial charge on any atom is -0.191 e. The van der Waals surface area contributed by atoms with E-state index in [0.29, 0.717) is 5.16 Å². The van der Waals surface area contributed by atoms with Crippen molar-refractivity contribution in [1.82, 2.24) is 15.0 Å². The molecule has 0 N–H and O–H groups in total. The highest BCUT2D eigenvalue weighted by molar-refractivity contribution is 9.10. The van der Waals surface area contributed by atoms with Crippen LogP contribution >= 0.6 is 50.9 Å². The monoisotopic (exact) mass is 335 g/mol. The topological polar surface area (TPSA) is 38.7 Å². The molecule has 0 unspecified atom stereocenters. The Balaban J connectivity index is 2.27. The van der Waals surface area contributed by atoms with Gasteiger partial charge in [0, 0.05) is 9.37 Å². The molecule has 0 atom stereocenters. The molecular formula is C9H4BrCl2N3S. The molecule has 0 aliphatic rings. The van der Waals surface area contributed by atoms with Crippen LogP contribution < -0.4 is 0 Å². The van der Waals surface area contributed by atoms with E-state index in [4.69, 9.17) is 23.2 Å². The fraction of sp³-hybridized carbons (Fsp3) is 0. The highest BCUT2D eigenvalue weighted by Gasteiger charge is 2.05. The Morgan fingerprint density at radius 2 is 1.75 bits per heavy atom. The standard InChI is InChI=1S/C9H4BrCl2N3S/c10-5-2-1-3-6(4-5)16-9-14-7(11)13-8(12)15-9/h1-4H. The summed E-state index contributed by atoms with van der Waals surface area (Å²) < 4.78 is 0.990. The van der Waals surface area contributed by atoms with Crippen LogP contribution in [0.3, 0.4) is 0 Å².